The van der Waals surface area contributed by atoms with Crippen molar-refractivity contribution in [3.05, 3.63) is 65.0 Å². The molecule has 0 aromatic heterocycles. The minimum absolute atomic E-state index is 0.237. The molecule has 1 N–H and O–H groups in total. The lowest BCUT2D eigenvalue weighted by Gasteiger charge is -2.10. The summed E-state index contributed by atoms with van der Waals surface area (Å²) >= 11 is 0. The molecule has 0 aliphatic rings. The normalized spacial score (nSPS) is 10.7. The van der Waals surface area contributed by atoms with Gasteiger partial charge in [0, 0.05) is 11.3 Å². The van der Waals surface area contributed by atoms with Crippen LogP contribution in [0.3, 0.4) is 0 Å². The van der Waals surface area contributed by atoms with E-state index in [1.54, 1.807) is 18.2 Å². The molecule has 0 radical (unpaired) electrons. The Morgan fingerprint density at radius 3 is 2.55 bits per heavy atom. The van der Waals surface area contributed by atoms with Crippen LogP contribution in [-0.2, 0) is 9.63 Å². The van der Waals surface area contributed by atoms with E-state index in [0.717, 1.165) is 16.8 Å². The van der Waals surface area contributed by atoms with Gasteiger partial charge in [-0.1, -0.05) is 41.6 Å². The molecule has 4 nitrogen and oxygen atoms in total. The molecule has 0 fully saturated rings. The van der Waals surface area contributed by atoms with E-state index in [2.05, 4.69) is 10.5 Å². The molecule has 2 aromatic carbocycles. The lowest BCUT2D eigenvalue weighted by Crippen LogP contribution is -2.18. The molecular formula is C17H17FN2O2. The quantitative estimate of drug-likeness (QED) is 0.679. The van der Waals surface area contributed by atoms with Crippen molar-refractivity contribution in [3.63, 3.8) is 0 Å². The number of rotatable bonds is 5. The Labute approximate surface area is 128 Å². The average Bonchev–Trinajstić information content (AvgIpc) is 2.49. The molecule has 1 amide bonds. The Balaban J connectivity index is 1.87. The number of oxime groups is 1. The fraction of sp³-hybridized carbons (Fsp3) is 0.176. The van der Waals surface area contributed by atoms with Crippen LogP contribution in [0.25, 0.3) is 0 Å². The summed E-state index contributed by atoms with van der Waals surface area (Å²) in [5.41, 5.74) is 3.03. The topological polar surface area (TPSA) is 50.7 Å². The predicted octanol–water partition coefficient (Wildman–Crippen LogP) is 3.43. The van der Waals surface area contributed by atoms with Crippen LogP contribution in [0.5, 0.6) is 0 Å². The van der Waals surface area contributed by atoms with E-state index in [0.29, 0.717) is 5.56 Å². The second kappa shape index (κ2) is 7.36. The van der Waals surface area contributed by atoms with E-state index in [9.17, 15) is 9.18 Å². The Morgan fingerprint density at radius 1 is 1.18 bits per heavy atom. The highest BCUT2D eigenvalue weighted by atomic mass is 19.1. The number of anilines is 1. The van der Waals surface area contributed by atoms with Crippen LogP contribution >= 0.6 is 0 Å². The Bertz CT molecular complexity index is 679. The van der Waals surface area contributed by atoms with E-state index in [1.807, 2.05) is 32.0 Å². The summed E-state index contributed by atoms with van der Waals surface area (Å²) in [6.45, 7) is 3.60. The van der Waals surface area contributed by atoms with Gasteiger partial charge in [0.2, 0.25) is 0 Å². The molecule has 0 aliphatic heterocycles. The van der Waals surface area contributed by atoms with Crippen molar-refractivity contribution in [1.29, 1.82) is 0 Å². The molecule has 22 heavy (non-hydrogen) atoms. The van der Waals surface area contributed by atoms with Crippen LogP contribution in [0.2, 0.25) is 0 Å². The summed E-state index contributed by atoms with van der Waals surface area (Å²) in [6.07, 6.45) is 1.24. The lowest BCUT2D eigenvalue weighted by atomic mass is 10.1. The maximum atomic E-state index is 13.3. The van der Waals surface area contributed by atoms with Gasteiger partial charge in [0.15, 0.2) is 6.61 Å². The third-order valence-corrected chi connectivity index (χ3v) is 3.11. The fourth-order valence-electron chi connectivity index (χ4n) is 1.96. The highest BCUT2D eigenvalue weighted by Gasteiger charge is 2.07. The molecule has 0 unspecified atom stereocenters. The van der Waals surface area contributed by atoms with E-state index in [1.165, 1.54) is 12.3 Å². The number of hydrogen-bond donors (Lipinski definition) is 1. The van der Waals surface area contributed by atoms with Gasteiger partial charge < -0.3 is 10.2 Å². The van der Waals surface area contributed by atoms with Crippen LogP contribution in [0.15, 0.2) is 47.6 Å². The predicted molar refractivity (Wildman–Crippen MR) is 84.5 cm³/mol. The van der Waals surface area contributed by atoms with E-state index in [4.69, 9.17) is 4.84 Å². The van der Waals surface area contributed by atoms with Gasteiger partial charge in [-0.15, -0.1) is 0 Å². The highest BCUT2D eigenvalue weighted by Crippen LogP contribution is 2.19. The second-order valence-electron chi connectivity index (χ2n) is 4.84. The molecule has 0 heterocycles. The van der Waals surface area contributed by atoms with E-state index in [-0.39, 0.29) is 12.5 Å². The van der Waals surface area contributed by atoms with Gasteiger partial charge in [-0.3, -0.25) is 4.79 Å². The van der Waals surface area contributed by atoms with Crippen molar-refractivity contribution in [1.82, 2.24) is 0 Å². The second-order valence-corrected chi connectivity index (χ2v) is 4.84. The molecule has 0 aliphatic carbocycles. The molecule has 0 saturated carbocycles. The van der Waals surface area contributed by atoms with Crippen LogP contribution in [0.4, 0.5) is 10.1 Å². The summed E-state index contributed by atoms with van der Waals surface area (Å²) in [5.74, 6) is -0.710. The molecule has 0 bridgehead atoms. The largest absolute Gasteiger partial charge is 0.386 e. The maximum absolute atomic E-state index is 13.3. The smallest absolute Gasteiger partial charge is 0.265 e. The molecule has 0 spiro atoms. The van der Waals surface area contributed by atoms with E-state index >= 15 is 0 Å². The van der Waals surface area contributed by atoms with Gasteiger partial charge in [-0.2, -0.15) is 0 Å². The Hall–Kier alpha value is -2.69. The average molecular weight is 300 g/mol. The molecule has 5 heteroatoms. The summed E-state index contributed by atoms with van der Waals surface area (Å²) < 4.78 is 13.3. The molecular weight excluding hydrogens is 283 g/mol. The molecule has 114 valence electrons. The number of benzene rings is 2. The van der Waals surface area contributed by atoms with Gasteiger partial charge in [-0.25, -0.2) is 4.39 Å². The first-order valence-corrected chi connectivity index (χ1v) is 6.84. The zero-order valence-corrected chi connectivity index (χ0v) is 12.5. The summed E-state index contributed by atoms with van der Waals surface area (Å²) in [5, 5.41) is 6.38. The molecule has 2 aromatic rings. The van der Waals surface area contributed by atoms with Crippen molar-refractivity contribution in [2.45, 2.75) is 13.8 Å². The van der Waals surface area contributed by atoms with Gasteiger partial charge in [0.05, 0.1) is 6.21 Å². The number of aryl methyl sites for hydroxylation is 2. The first kappa shape index (κ1) is 15.7. The van der Waals surface area contributed by atoms with Gasteiger partial charge in [-0.05, 0) is 31.0 Å². The number of halogens is 1. The number of nitrogens with zero attached hydrogens (tertiary/aromatic N) is 1. The fourth-order valence-corrected chi connectivity index (χ4v) is 1.96. The minimum Gasteiger partial charge on any atom is -0.386 e. The number of nitrogens with one attached hydrogen (secondary N) is 1. The number of hydrogen-bond acceptors (Lipinski definition) is 3. The molecule has 0 atom stereocenters. The van der Waals surface area contributed by atoms with Crippen molar-refractivity contribution in [2.24, 2.45) is 5.16 Å². The van der Waals surface area contributed by atoms with Gasteiger partial charge >= 0.3 is 0 Å². The van der Waals surface area contributed by atoms with Crippen LogP contribution in [0, 0.1) is 19.7 Å². The number of amides is 1. The SMILES string of the molecule is Cc1cccc(C)c1NC(=O)CO/N=C\c1ccccc1F. The number of para-hydroxylation sites is 1. The van der Waals surface area contributed by atoms with Crippen molar-refractivity contribution < 1.29 is 14.0 Å². The van der Waals surface area contributed by atoms with Crippen molar-refractivity contribution in [3.8, 4) is 0 Å². The summed E-state index contributed by atoms with van der Waals surface area (Å²) in [6, 6.07) is 11.9. The van der Waals surface area contributed by atoms with Crippen LogP contribution < -0.4 is 5.32 Å². The first-order valence-electron chi connectivity index (χ1n) is 6.84. The van der Waals surface area contributed by atoms with Crippen LogP contribution in [-0.4, -0.2) is 18.7 Å². The third kappa shape index (κ3) is 4.15. The number of carbonyl (C=O) groups excluding carboxylic acids is 1. The van der Waals surface area contributed by atoms with Crippen LogP contribution in [0.1, 0.15) is 16.7 Å². The Morgan fingerprint density at radius 2 is 1.86 bits per heavy atom. The molecule has 0 saturated heterocycles. The highest BCUT2D eigenvalue weighted by molar-refractivity contribution is 5.93. The first-order chi connectivity index (χ1) is 10.6. The zero-order chi connectivity index (χ0) is 15.9. The number of carbonyl (C=O) groups is 1. The third-order valence-electron chi connectivity index (χ3n) is 3.11. The van der Waals surface area contributed by atoms with Gasteiger partial charge in [0.1, 0.15) is 5.82 Å². The minimum atomic E-state index is -0.394. The summed E-state index contributed by atoms with van der Waals surface area (Å²) in [4.78, 5) is 16.7. The van der Waals surface area contributed by atoms with E-state index < -0.39 is 5.82 Å². The Kier molecular flexibility index (Phi) is 5.25. The lowest BCUT2D eigenvalue weighted by molar-refractivity contribution is -0.120. The molecule has 2 rings (SSSR count). The van der Waals surface area contributed by atoms with Gasteiger partial charge in [0.25, 0.3) is 5.91 Å². The van der Waals surface area contributed by atoms with Crippen molar-refractivity contribution in [2.75, 3.05) is 11.9 Å². The maximum Gasteiger partial charge on any atom is 0.265 e. The summed E-state index contributed by atoms with van der Waals surface area (Å²) in [7, 11) is 0. The van der Waals surface area contributed by atoms with Crippen molar-refractivity contribution >= 4 is 17.8 Å². The zero-order valence-electron chi connectivity index (χ0n) is 12.5. The standard InChI is InChI=1S/C17H17FN2O2/c1-12-6-5-7-13(2)17(12)20-16(21)11-22-19-10-14-8-3-4-9-15(14)18/h3-10H,11H2,1-2H3,(H,20,21)/b19-10-. The monoisotopic (exact) mass is 300 g/mol.